The number of nitrogens with zero attached hydrogens (tertiary/aromatic N) is 2. The summed E-state index contributed by atoms with van der Waals surface area (Å²) in [4.78, 5) is 11.3. The van der Waals surface area contributed by atoms with Crippen LogP contribution in [-0.2, 0) is 10.3 Å². The van der Waals surface area contributed by atoms with E-state index in [9.17, 15) is 8.28 Å². The molecule has 3 rings (SSSR count). The van der Waals surface area contributed by atoms with Crippen molar-refractivity contribution >= 4 is 28.9 Å². The summed E-state index contributed by atoms with van der Waals surface area (Å²) in [6, 6.07) is 6.19. The monoisotopic (exact) mass is 429 g/mol. The van der Waals surface area contributed by atoms with Gasteiger partial charge in [-0.25, -0.2) is 14.4 Å². The number of benzene rings is 1. The maximum Gasteiger partial charge on any atom is 0.156 e. The first-order valence-corrected chi connectivity index (χ1v) is 10.4. The van der Waals surface area contributed by atoms with Gasteiger partial charge in [0.2, 0.25) is 0 Å². The normalized spacial score (nSPS) is 12.3. The van der Waals surface area contributed by atoms with Crippen molar-refractivity contribution in [1.82, 2.24) is 15.0 Å². The first-order valence-electron chi connectivity index (χ1n) is 9.72. The van der Waals surface area contributed by atoms with Gasteiger partial charge in [-0.15, -0.1) is 0 Å². The number of rotatable bonds is 6. The van der Waals surface area contributed by atoms with Crippen molar-refractivity contribution < 1.29 is 13.0 Å². The molecule has 0 radical (unpaired) electrons. The number of aromatic nitrogens is 3. The summed E-state index contributed by atoms with van der Waals surface area (Å²) < 4.78 is 32.5. The summed E-state index contributed by atoms with van der Waals surface area (Å²) in [5.74, 6) is 5.72. The van der Waals surface area contributed by atoms with Crippen molar-refractivity contribution in [3.05, 3.63) is 60.2 Å². The standard InChI is InChI=1S/C21H19F2N3OS.C2H6/c1-4-10-27-21(3,15-6-5-7-16(22)11-15)9-8-14(2)17-12-24-20-19(17)26-18(28-23)13-25-20;1-2/h5-7,11-13H,2,4,10H2,1,3H3,(H,24,25);1-2H3. The highest BCUT2D eigenvalue weighted by atomic mass is 32.2. The van der Waals surface area contributed by atoms with Crippen LogP contribution in [-0.4, -0.2) is 21.6 Å². The fourth-order valence-electron chi connectivity index (χ4n) is 2.69. The number of aromatic amines is 1. The van der Waals surface area contributed by atoms with E-state index in [0.29, 0.717) is 34.5 Å². The molecule has 1 unspecified atom stereocenters. The Bertz CT molecular complexity index is 1070. The minimum Gasteiger partial charge on any atom is -0.358 e. The Labute approximate surface area is 180 Å². The maximum atomic E-state index is 13.7. The zero-order chi connectivity index (χ0) is 22.1. The van der Waals surface area contributed by atoms with Crippen LogP contribution in [0.4, 0.5) is 8.28 Å². The summed E-state index contributed by atoms with van der Waals surface area (Å²) in [5.41, 5.74) is 1.73. The van der Waals surface area contributed by atoms with E-state index >= 15 is 0 Å². The van der Waals surface area contributed by atoms with Gasteiger partial charge in [-0.05, 0) is 31.0 Å². The summed E-state index contributed by atoms with van der Waals surface area (Å²) in [5, 5.41) is 0.157. The van der Waals surface area contributed by atoms with Crippen LogP contribution in [0.25, 0.3) is 16.7 Å². The van der Waals surface area contributed by atoms with Crippen LogP contribution in [0.15, 0.2) is 48.3 Å². The molecule has 0 spiro atoms. The third-order valence-corrected chi connectivity index (χ3v) is 4.54. The van der Waals surface area contributed by atoms with Gasteiger partial charge in [0, 0.05) is 23.9 Å². The van der Waals surface area contributed by atoms with Crippen LogP contribution < -0.4 is 0 Å². The Morgan fingerprint density at radius 3 is 2.80 bits per heavy atom. The second-order valence-corrected chi connectivity index (χ2v) is 6.88. The molecule has 2 aromatic heterocycles. The molecule has 0 aliphatic heterocycles. The molecule has 7 heteroatoms. The average molecular weight is 430 g/mol. The van der Waals surface area contributed by atoms with Crippen LogP contribution in [0.2, 0.25) is 0 Å². The molecule has 0 aliphatic carbocycles. The number of nitrogens with one attached hydrogen (secondary N) is 1. The van der Waals surface area contributed by atoms with Gasteiger partial charge < -0.3 is 9.72 Å². The molecule has 0 bridgehead atoms. The van der Waals surface area contributed by atoms with E-state index in [0.717, 1.165) is 6.42 Å². The van der Waals surface area contributed by atoms with Crippen LogP contribution >= 0.6 is 12.1 Å². The van der Waals surface area contributed by atoms with Gasteiger partial charge >= 0.3 is 0 Å². The van der Waals surface area contributed by atoms with Gasteiger partial charge in [-0.3, -0.25) is 0 Å². The predicted octanol–water partition coefficient (Wildman–Crippen LogP) is 6.46. The first kappa shape index (κ1) is 23.6. The number of fused-ring (bicyclic) bond motifs is 1. The van der Waals surface area contributed by atoms with Gasteiger partial charge in [0.25, 0.3) is 0 Å². The molecule has 30 heavy (non-hydrogen) atoms. The third-order valence-electron chi connectivity index (χ3n) is 4.19. The Hall–Kier alpha value is -2.69. The molecule has 1 aromatic carbocycles. The van der Waals surface area contributed by atoms with E-state index in [-0.39, 0.29) is 23.0 Å². The second-order valence-electron chi connectivity index (χ2n) is 6.31. The molecule has 0 amide bonds. The quantitative estimate of drug-likeness (QED) is 0.457. The molecule has 2 heterocycles. The number of hydrogen-bond donors (Lipinski definition) is 1. The minimum atomic E-state index is -1.00. The summed E-state index contributed by atoms with van der Waals surface area (Å²) in [6.45, 7) is 12.3. The highest BCUT2D eigenvalue weighted by Gasteiger charge is 2.25. The third kappa shape index (κ3) is 5.47. The van der Waals surface area contributed by atoms with Gasteiger partial charge in [0.05, 0.1) is 6.20 Å². The second kappa shape index (κ2) is 10.9. The average Bonchev–Trinajstić information content (AvgIpc) is 3.20. The SMILES string of the molecule is C=C(C#CC(C)(OCCC)c1cccc(F)c1)c1c[nH]c2ncc(SF)nc12.CC. The van der Waals surface area contributed by atoms with E-state index in [1.165, 1.54) is 18.3 Å². The van der Waals surface area contributed by atoms with E-state index in [2.05, 4.69) is 33.4 Å². The molecule has 1 atom stereocenters. The lowest BCUT2D eigenvalue weighted by Gasteiger charge is -2.25. The van der Waals surface area contributed by atoms with Crippen molar-refractivity contribution in [3.8, 4) is 11.8 Å². The zero-order valence-corrected chi connectivity index (χ0v) is 18.4. The van der Waals surface area contributed by atoms with Gasteiger partial charge in [-0.2, -0.15) is 3.89 Å². The molecule has 4 nitrogen and oxygen atoms in total. The largest absolute Gasteiger partial charge is 0.358 e. The highest BCUT2D eigenvalue weighted by Crippen LogP contribution is 2.28. The topological polar surface area (TPSA) is 50.8 Å². The van der Waals surface area contributed by atoms with Crippen LogP contribution in [0.1, 0.15) is 45.2 Å². The molecule has 1 N–H and O–H groups in total. The molecule has 3 aromatic rings. The number of hydrogen-bond acceptors (Lipinski definition) is 4. The fraction of sp³-hybridized carbons (Fsp3) is 0.304. The van der Waals surface area contributed by atoms with E-state index < -0.39 is 5.60 Å². The molecule has 0 fully saturated rings. The number of H-pyrrole nitrogens is 1. The molecule has 158 valence electrons. The lowest BCUT2D eigenvalue weighted by molar-refractivity contribution is 0.0100. The van der Waals surface area contributed by atoms with Gasteiger partial charge in [0.15, 0.2) is 11.2 Å². The molecular weight excluding hydrogens is 404 g/mol. The Kier molecular flexibility index (Phi) is 8.58. The van der Waals surface area contributed by atoms with E-state index in [1.54, 1.807) is 25.3 Å². The van der Waals surface area contributed by atoms with Crippen molar-refractivity contribution in [1.29, 1.82) is 0 Å². The molecule has 0 saturated heterocycles. The van der Waals surface area contributed by atoms with Crippen LogP contribution in [0, 0.1) is 17.7 Å². The lowest BCUT2D eigenvalue weighted by atomic mass is 9.95. The highest BCUT2D eigenvalue weighted by molar-refractivity contribution is 7.94. The molecular formula is C23H25F2N3OS. The smallest absolute Gasteiger partial charge is 0.156 e. The van der Waals surface area contributed by atoms with Gasteiger partial charge in [0.1, 0.15) is 28.5 Å². The minimum absolute atomic E-state index is 0.0241. The Morgan fingerprint density at radius 1 is 1.37 bits per heavy atom. The molecule has 0 saturated carbocycles. The fourth-order valence-corrected chi connectivity index (χ4v) is 2.91. The molecule has 0 aliphatic rings. The Morgan fingerprint density at radius 2 is 2.13 bits per heavy atom. The van der Waals surface area contributed by atoms with Crippen LogP contribution in [0.5, 0.6) is 0 Å². The van der Waals surface area contributed by atoms with Gasteiger partial charge in [-0.1, -0.05) is 51.3 Å². The van der Waals surface area contributed by atoms with Crippen molar-refractivity contribution in [2.45, 2.75) is 44.7 Å². The number of ether oxygens (including phenoxy) is 1. The summed E-state index contributed by atoms with van der Waals surface area (Å²) >= 11 is 0.0241. The van der Waals surface area contributed by atoms with Crippen LogP contribution in [0.3, 0.4) is 0 Å². The number of halogens is 2. The summed E-state index contributed by atoms with van der Waals surface area (Å²) in [6.07, 6.45) is 3.83. The lowest BCUT2D eigenvalue weighted by Crippen LogP contribution is -2.24. The Balaban J connectivity index is 0.00000155. The van der Waals surface area contributed by atoms with Crippen molar-refractivity contribution in [2.24, 2.45) is 0 Å². The first-order chi connectivity index (χ1) is 14.5. The van der Waals surface area contributed by atoms with Crippen molar-refractivity contribution in [3.63, 3.8) is 0 Å². The summed E-state index contributed by atoms with van der Waals surface area (Å²) in [7, 11) is 0. The number of allylic oxidation sites excluding steroid dienone is 1. The maximum absolute atomic E-state index is 13.7. The van der Waals surface area contributed by atoms with Crippen molar-refractivity contribution in [2.75, 3.05) is 6.61 Å². The van der Waals surface area contributed by atoms with E-state index in [4.69, 9.17) is 4.74 Å². The zero-order valence-electron chi connectivity index (χ0n) is 17.6. The van der Waals surface area contributed by atoms with E-state index in [1.807, 2.05) is 20.8 Å². The predicted molar refractivity (Wildman–Crippen MR) is 119 cm³/mol.